The molecule has 0 bridgehead atoms. The molecule has 0 aromatic carbocycles. The van der Waals surface area contributed by atoms with E-state index in [-0.39, 0.29) is 36.1 Å². The summed E-state index contributed by atoms with van der Waals surface area (Å²) >= 11 is 0. The topological polar surface area (TPSA) is 88.1 Å². The third-order valence-corrected chi connectivity index (χ3v) is 4.38. The summed E-state index contributed by atoms with van der Waals surface area (Å²) < 4.78 is 10.6. The van der Waals surface area contributed by atoms with Crippen LogP contribution in [0, 0.1) is 0 Å². The number of pyridine rings is 1. The number of ether oxygens (including phenoxy) is 2. The van der Waals surface area contributed by atoms with E-state index >= 15 is 0 Å². The van der Waals surface area contributed by atoms with Gasteiger partial charge in [0.25, 0.3) is 0 Å². The first kappa shape index (κ1) is 25.3. The maximum atomic E-state index is 11.8. The van der Waals surface area contributed by atoms with Crippen LogP contribution in [0.3, 0.4) is 0 Å². The van der Waals surface area contributed by atoms with Crippen molar-refractivity contribution in [3.8, 4) is 5.88 Å². The first-order chi connectivity index (χ1) is 13.7. The Morgan fingerprint density at radius 3 is 2.62 bits per heavy atom. The highest BCUT2D eigenvalue weighted by Gasteiger charge is 2.24. The highest BCUT2D eigenvalue weighted by atomic mass is 127. The Balaban J connectivity index is 0.00000420. The molecule has 1 amide bonds. The molecule has 29 heavy (non-hydrogen) atoms. The zero-order valence-electron chi connectivity index (χ0n) is 17.6. The number of carbonyl (C=O) groups is 1. The van der Waals surface area contributed by atoms with Crippen LogP contribution < -0.4 is 15.4 Å². The van der Waals surface area contributed by atoms with Crippen molar-refractivity contribution < 1.29 is 14.3 Å². The van der Waals surface area contributed by atoms with Crippen LogP contribution >= 0.6 is 24.0 Å². The molecular formula is C20H34IN5O3. The summed E-state index contributed by atoms with van der Waals surface area (Å²) in [6, 6.07) is 4.15. The molecule has 0 unspecified atom stereocenters. The van der Waals surface area contributed by atoms with Crippen molar-refractivity contribution in [3.63, 3.8) is 0 Å². The van der Waals surface area contributed by atoms with Gasteiger partial charge < -0.3 is 25.0 Å². The molecule has 0 aliphatic carbocycles. The van der Waals surface area contributed by atoms with Gasteiger partial charge in [0.15, 0.2) is 5.96 Å². The van der Waals surface area contributed by atoms with Gasteiger partial charge in [-0.2, -0.15) is 0 Å². The van der Waals surface area contributed by atoms with E-state index in [1.165, 1.54) is 0 Å². The monoisotopic (exact) mass is 519 g/mol. The number of nitrogens with one attached hydrogen (secondary N) is 2. The number of carbonyl (C=O) groups excluding carboxylic acids is 1. The van der Waals surface area contributed by atoms with Crippen molar-refractivity contribution in [1.82, 2.24) is 20.5 Å². The van der Waals surface area contributed by atoms with Gasteiger partial charge in [-0.1, -0.05) is 13.0 Å². The van der Waals surface area contributed by atoms with E-state index in [9.17, 15) is 4.79 Å². The van der Waals surface area contributed by atoms with Gasteiger partial charge in [-0.15, -0.1) is 24.0 Å². The molecule has 1 aromatic heterocycles. The second kappa shape index (κ2) is 14.2. The standard InChI is InChI=1S/C20H33N5O3.HI/c1-4-13-28-18-8-7-16(14-22-18)15-23-19(21-5-2)24-17-9-11-25(12-10-17)20(26)27-6-3;/h7-8,14,17H,4-6,9-13,15H2,1-3H3,(H2,21,23,24);1H. The largest absolute Gasteiger partial charge is 0.478 e. The molecule has 9 heteroatoms. The van der Waals surface area contributed by atoms with Gasteiger partial charge in [0.1, 0.15) is 0 Å². The average Bonchev–Trinajstić information content (AvgIpc) is 2.72. The molecule has 1 fully saturated rings. The first-order valence-corrected chi connectivity index (χ1v) is 10.2. The van der Waals surface area contributed by atoms with E-state index in [0.717, 1.165) is 37.3 Å². The lowest BCUT2D eigenvalue weighted by Crippen LogP contribution is -2.49. The van der Waals surface area contributed by atoms with Gasteiger partial charge >= 0.3 is 6.09 Å². The van der Waals surface area contributed by atoms with E-state index in [1.807, 2.05) is 26.0 Å². The number of halogens is 1. The number of rotatable bonds is 8. The fourth-order valence-corrected chi connectivity index (χ4v) is 2.90. The van der Waals surface area contributed by atoms with Crippen LogP contribution in [0.4, 0.5) is 4.79 Å². The smallest absolute Gasteiger partial charge is 0.409 e. The van der Waals surface area contributed by atoms with Gasteiger partial charge in [0.2, 0.25) is 5.88 Å². The minimum Gasteiger partial charge on any atom is -0.478 e. The molecule has 1 aliphatic rings. The second-order valence-electron chi connectivity index (χ2n) is 6.65. The lowest BCUT2D eigenvalue weighted by atomic mass is 10.1. The lowest BCUT2D eigenvalue weighted by molar-refractivity contribution is 0.0963. The van der Waals surface area contributed by atoms with Gasteiger partial charge in [0.05, 0.1) is 19.8 Å². The van der Waals surface area contributed by atoms with E-state index in [4.69, 9.17) is 9.47 Å². The van der Waals surface area contributed by atoms with Crippen molar-refractivity contribution in [2.24, 2.45) is 4.99 Å². The Morgan fingerprint density at radius 1 is 1.28 bits per heavy atom. The molecule has 0 radical (unpaired) electrons. The van der Waals surface area contributed by atoms with Crippen molar-refractivity contribution >= 4 is 36.0 Å². The Labute approximate surface area is 190 Å². The quantitative estimate of drug-likeness (QED) is 0.312. The van der Waals surface area contributed by atoms with Crippen LogP contribution in [-0.2, 0) is 11.3 Å². The molecule has 1 saturated heterocycles. The summed E-state index contributed by atoms with van der Waals surface area (Å²) in [5.41, 5.74) is 1.03. The van der Waals surface area contributed by atoms with Crippen LogP contribution in [0.5, 0.6) is 5.88 Å². The summed E-state index contributed by atoms with van der Waals surface area (Å²) in [6.45, 7) is 9.74. The van der Waals surface area contributed by atoms with E-state index < -0.39 is 0 Å². The minimum atomic E-state index is -0.222. The van der Waals surface area contributed by atoms with Gasteiger partial charge in [-0.25, -0.2) is 14.8 Å². The number of aromatic nitrogens is 1. The van der Waals surface area contributed by atoms with Crippen LogP contribution in [-0.4, -0.2) is 60.8 Å². The molecule has 2 rings (SSSR count). The molecule has 2 N–H and O–H groups in total. The number of hydrogen-bond acceptors (Lipinski definition) is 5. The lowest BCUT2D eigenvalue weighted by Gasteiger charge is -2.32. The van der Waals surface area contributed by atoms with E-state index in [0.29, 0.717) is 38.7 Å². The van der Waals surface area contributed by atoms with E-state index in [2.05, 4.69) is 27.5 Å². The Morgan fingerprint density at radius 2 is 2.03 bits per heavy atom. The van der Waals surface area contributed by atoms with Crippen molar-refractivity contribution in [2.75, 3.05) is 32.8 Å². The van der Waals surface area contributed by atoms with Crippen LogP contribution in [0.15, 0.2) is 23.3 Å². The van der Waals surface area contributed by atoms with Crippen molar-refractivity contribution in [1.29, 1.82) is 0 Å². The molecule has 0 spiro atoms. The number of guanidine groups is 1. The number of aliphatic imine (C=N–C) groups is 1. The second-order valence-corrected chi connectivity index (χ2v) is 6.65. The Bertz CT molecular complexity index is 619. The van der Waals surface area contributed by atoms with Crippen LogP contribution in [0.25, 0.3) is 0 Å². The molecule has 1 aromatic rings. The number of hydrogen-bond donors (Lipinski definition) is 2. The third-order valence-electron chi connectivity index (χ3n) is 4.38. The maximum Gasteiger partial charge on any atom is 0.409 e. The summed E-state index contributed by atoms with van der Waals surface area (Å²) in [6.07, 6.45) is 4.28. The predicted molar refractivity (Wildman–Crippen MR) is 125 cm³/mol. The van der Waals surface area contributed by atoms with Crippen LogP contribution in [0.1, 0.15) is 45.6 Å². The number of likely N-dealkylation sites (tertiary alicyclic amines) is 1. The summed E-state index contributed by atoms with van der Waals surface area (Å²) in [5, 5.41) is 6.76. The molecule has 0 atom stereocenters. The number of piperidine rings is 1. The zero-order valence-corrected chi connectivity index (χ0v) is 20.0. The predicted octanol–water partition coefficient (Wildman–Crippen LogP) is 3.16. The van der Waals surface area contributed by atoms with Gasteiger partial charge in [0, 0.05) is 37.9 Å². The Kier molecular flexibility index (Phi) is 12.4. The number of amides is 1. The molecular weight excluding hydrogens is 485 g/mol. The fraction of sp³-hybridized carbons (Fsp3) is 0.650. The Hall–Kier alpha value is -1.78. The maximum absolute atomic E-state index is 11.8. The van der Waals surface area contributed by atoms with E-state index in [1.54, 1.807) is 11.1 Å². The third kappa shape index (κ3) is 9.05. The fourth-order valence-electron chi connectivity index (χ4n) is 2.90. The van der Waals surface area contributed by atoms with Crippen LogP contribution in [0.2, 0.25) is 0 Å². The number of nitrogens with zero attached hydrogens (tertiary/aromatic N) is 3. The normalized spacial score (nSPS) is 14.7. The molecule has 0 saturated carbocycles. The molecule has 1 aliphatic heterocycles. The molecule has 2 heterocycles. The highest BCUT2D eigenvalue weighted by Crippen LogP contribution is 2.12. The summed E-state index contributed by atoms with van der Waals surface area (Å²) in [5.74, 6) is 1.43. The SMILES string of the molecule is CCCOc1ccc(CN=C(NCC)NC2CCN(C(=O)OCC)CC2)cn1.I. The van der Waals surface area contributed by atoms with Crippen molar-refractivity contribution in [2.45, 2.75) is 52.6 Å². The van der Waals surface area contributed by atoms with Crippen molar-refractivity contribution in [3.05, 3.63) is 23.9 Å². The van der Waals surface area contributed by atoms with Gasteiger partial charge in [-0.3, -0.25) is 0 Å². The molecule has 8 nitrogen and oxygen atoms in total. The first-order valence-electron chi connectivity index (χ1n) is 10.2. The summed E-state index contributed by atoms with van der Waals surface area (Å²) in [4.78, 5) is 22.5. The summed E-state index contributed by atoms with van der Waals surface area (Å²) in [7, 11) is 0. The molecule has 164 valence electrons. The highest BCUT2D eigenvalue weighted by molar-refractivity contribution is 14.0. The van der Waals surface area contributed by atoms with Gasteiger partial charge in [-0.05, 0) is 38.7 Å². The average molecular weight is 519 g/mol. The zero-order chi connectivity index (χ0) is 20.2. The minimum absolute atomic E-state index is 0.